The summed E-state index contributed by atoms with van der Waals surface area (Å²) in [6.45, 7) is 0. The second-order valence-corrected chi connectivity index (χ2v) is 7.27. The molecule has 8 heteroatoms. The molecule has 1 aliphatic rings. The van der Waals surface area contributed by atoms with Gasteiger partial charge in [-0.15, -0.1) is 10.2 Å². The Morgan fingerprint density at radius 3 is 2.78 bits per heavy atom. The molecule has 0 spiro atoms. The highest BCUT2D eigenvalue weighted by Crippen LogP contribution is 2.31. The third kappa shape index (κ3) is 4.14. The second-order valence-electron chi connectivity index (χ2n) is 5.07. The average molecular weight is 351 g/mol. The van der Waals surface area contributed by atoms with Gasteiger partial charge < -0.3 is 14.8 Å². The van der Waals surface area contributed by atoms with Crippen molar-refractivity contribution in [3.05, 3.63) is 23.8 Å². The number of benzene rings is 1. The zero-order valence-electron chi connectivity index (χ0n) is 12.9. The van der Waals surface area contributed by atoms with Crippen LogP contribution in [-0.2, 0) is 0 Å². The number of ketones is 1. The maximum absolute atomic E-state index is 12.3. The van der Waals surface area contributed by atoms with Gasteiger partial charge in [0.05, 0.1) is 20.0 Å². The first-order chi connectivity index (χ1) is 11.2. The maximum atomic E-state index is 12.3. The van der Waals surface area contributed by atoms with E-state index in [1.54, 1.807) is 32.4 Å². The number of Topliss-reactive ketones (excluding diaryl/α,β-unsaturated/α-hetero) is 1. The van der Waals surface area contributed by atoms with Crippen LogP contribution in [0.4, 0.5) is 5.13 Å². The Balaban J connectivity index is 1.59. The summed E-state index contributed by atoms with van der Waals surface area (Å²) in [7, 11) is 3.12. The summed E-state index contributed by atoms with van der Waals surface area (Å²) in [6, 6.07) is 5.72. The van der Waals surface area contributed by atoms with Gasteiger partial charge in [0.2, 0.25) is 5.13 Å². The van der Waals surface area contributed by atoms with Crippen molar-refractivity contribution < 1.29 is 14.3 Å². The number of methoxy groups -OCH3 is 2. The molecule has 2 aromatic rings. The van der Waals surface area contributed by atoms with E-state index >= 15 is 0 Å². The van der Waals surface area contributed by atoms with Crippen LogP contribution in [0.3, 0.4) is 0 Å². The number of thioether (sulfide) groups is 1. The molecule has 0 bridgehead atoms. The number of ether oxygens (including phenoxy) is 2. The van der Waals surface area contributed by atoms with Gasteiger partial charge in [-0.25, -0.2) is 0 Å². The van der Waals surface area contributed by atoms with E-state index in [0.717, 1.165) is 9.47 Å². The Kier molecular flexibility index (Phi) is 5.02. The van der Waals surface area contributed by atoms with Crippen LogP contribution in [0.2, 0.25) is 0 Å². The smallest absolute Gasteiger partial charge is 0.206 e. The van der Waals surface area contributed by atoms with Crippen molar-refractivity contribution in [2.45, 2.75) is 23.2 Å². The quantitative estimate of drug-likeness (QED) is 0.578. The monoisotopic (exact) mass is 351 g/mol. The van der Waals surface area contributed by atoms with Gasteiger partial charge in [-0.2, -0.15) is 0 Å². The number of carbonyl (C=O) groups excluding carboxylic acids is 1. The van der Waals surface area contributed by atoms with Gasteiger partial charge >= 0.3 is 0 Å². The normalized spacial score (nSPS) is 13.7. The molecule has 1 aromatic carbocycles. The average Bonchev–Trinajstić information content (AvgIpc) is 3.28. The fourth-order valence-electron chi connectivity index (χ4n) is 1.95. The summed E-state index contributed by atoms with van der Waals surface area (Å²) in [5.41, 5.74) is 0.594. The molecule has 3 rings (SSSR count). The van der Waals surface area contributed by atoms with E-state index in [1.807, 2.05) is 0 Å². The van der Waals surface area contributed by atoms with Crippen LogP contribution < -0.4 is 14.8 Å². The Morgan fingerprint density at radius 2 is 2.09 bits per heavy atom. The molecule has 122 valence electrons. The van der Waals surface area contributed by atoms with Gasteiger partial charge in [0, 0.05) is 11.6 Å². The molecular formula is C15H17N3O3S2. The molecule has 0 saturated heterocycles. The topological polar surface area (TPSA) is 73.3 Å². The summed E-state index contributed by atoms with van der Waals surface area (Å²) < 4.78 is 11.2. The Morgan fingerprint density at radius 1 is 1.30 bits per heavy atom. The van der Waals surface area contributed by atoms with Crippen LogP contribution >= 0.6 is 23.1 Å². The highest BCUT2D eigenvalue weighted by atomic mass is 32.2. The third-order valence-corrected chi connectivity index (χ3v) is 5.33. The van der Waals surface area contributed by atoms with Crippen molar-refractivity contribution in [1.82, 2.24) is 10.2 Å². The highest BCUT2D eigenvalue weighted by Gasteiger charge is 2.22. The molecule has 0 unspecified atom stereocenters. The van der Waals surface area contributed by atoms with Crippen LogP contribution in [0.5, 0.6) is 11.5 Å². The lowest BCUT2D eigenvalue weighted by molar-refractivity contribution is 0.102. The zero-order chi connectivity index (χ0) is 16.2. The van der Waals surface area contributed by atoms with Crippen molar-refractivity contribution in [1.29, 1.82) is 0 Å². The predicted octanol–water partition coefficient (Wildman–Crippen LogP) is 3.10. The minimum Gasteiger partial charge on any atom is -0.493 e. The zero-order valence-corrected chi connectivity index (χ0v) is 14.5. The molecule has 0 radical (unpaired) electrons. The minimum absolute atomic E-state index is 0.0165. The largest absolute Gasteiger partial charge is 0.493 e. The molecule has 0 aliphatic heterocycles. The summed E-state index contributed by atoms with van der Waals surface area (Å²) in [6.07, 6.45) is 2.39. The van der Waals surface area contributed by atoms with Crippen LogP contribution in [0.15, 0.2) is 22.5 Å². The van der Waals surface area contributed by atoms with E-state index in [0.29, 0.717) is 28.9 Å². The van der Waals surface area contributed by atoms with Gasteiger partial charge in [-0.05, 0) is 31.0 Å². The van der Waals surface area contributed by atoms with E-state index in [9.17, 15) is 4.79 Å². The van der Waals surface area contributed by atoms with Gasteiger partial charge in [0.25, 0.3) is 0 Å². The molecular weight excluding hydrogens is 334 g/mol. The van der Waals surface area contributed by atoms with Gasteiger partial charge in [0.1, 0.15) is 0 Å². The number of rotatable bonds is 8. The molecule has 0 atom stereocenters. The number of anilines is 1. The number of nitrogens with one attached hydrogen (secondary N) is 1. The maximum Gasteiger partial charge on any atom is 0.206 e. The number of nitrogens with zero attached hydrogens (tertiary/aromatic N) is 2. The summed E-state index contributed by atoms with van der Waals surface area (Å²) in [4.78, 5) is 12.3. The second kappa shape index (κ2) is 7.18. The minimum atomic E-state index is 0.0165. The molecule has 1 heterocycles. The van der Waals surface area contributed by atoms with E-state index in [1.165, 1.54) is 35.9 Å². The third-order valence-electron chi connectivity index (χ3n) is 3.34. The van der Waals surface area contributed by atoms with Crippen LogP contribution in [-0.4, -0.2) is 42.0 Å². The first-order valence-corrected chi connectivity index (χ1v) is 8.98. The molecule has 6 nitrogen and oxygen atoms in total. The lowest BCUT2D eigenvalue weighted by Gasteiger charge is -2.08. The SMILES string of the molecule is COc1ccc(C(=O)CSc2nnc(NC3CC3)s2)cc1OC. The van der Waals surface area contributed by atoms with Crippen molar-refractivity contribution >= 4 is 34.0 Å². The van der Waals surface area contributed by atoms with Crippen molar-refractivity contribution in [2.75, 3.05) is 25.3 Å². The first kappa shape index (κ1) is 16.1. The summed E-state index contributed by atoms with van der Waals surface area (Å²) in [5, 5.41) is 12.3. The van der Waals surface area contributed by atoms with E-state index < -0.39 is 0 Å². The number of carbonyl (C=O) groups is 1. The Bertz CT molecular complexity index is 701. The molecule has 1 aliphatic carbocycles. The highest BCUT2D eigenvalue weighted by molar-refractivity contribution is 8.01. The molecule has 23 heavy (non-hydrogen) atoms. The lowest BCUT2D eigenvalue weighted by Crippen LogP contribution is -2.03. The number of hydrogen-bond acceptors (Lipinski definition) is 8. The molecule has 0 amide bonds. The van der Waals surface area contributed by atoms with Gasteiger partial charge in [-0.3, -0.25) is 4.79 Å². The van der Waals surface area contributed by atoms with E-state index in [-0.39, 0.29) is 5.78 Å². The Labute approximate surface area is 142 Å². The standard InChI is InChI=1S/C15H17N3O3S2/c1-20-12-6-3-9(7-13(12)21-2)11(19)8-22-15-18-17-14(23-15)16-10-4-5-10/h3,6-7,10H,4-5,8H2,1-2H3,(H,16,17). The van der Waals surface area contributed by atoms with Crippen molar-refractivity contribution in [3.8, 4) is 11.5 Å². The van der Waals surface area contributed by atoms with E-state index in [4.69, 9.17) is 9.47 Å². The van der Waals surface area contributed by atoms with Crippen LogP contribution in [0, 0.1) is 0 Å². The number of aromatic nitrogens is 2. The van der Waals surface area contributed by atoms with Gasteiger partial charge in [-0.1, -0.05) is 23.1 Å². The summed E-state index contributed by atoms with van der Waals surface area (Å²) in [5.74, 6) is 1.49. The predicted molar refractivity (Wildman–Crippen MR) is 91.2 cm³/mol. The summed E-state index contributed by atoms with van der Waals surface area (Å²) >= 11 is 2.88. The van der Waals surface area contributed by atoms with Crippen molar-refractivity contribution in [3.63, 3.8) is 0 Å². The fraction of sp³-hybridized carbons (Fsp3) is 0.400. The van der Waals surface area contributed by atoms with Crippen molar-refractivity contribution in [2.24, 2.45) is 0 Å². The number of hydrogen-bond donors (Lipinski definition) is 1. The van der Waals surface area contributed by atoms with Gasteiger partial charge in [0.15, 0.2) is 21.6 Å². The molecule has 1 fully saturated rings. The first-order valence-electron chi connectivity index (χ1n) is 7.17. The Hall–Kier alpha value is -1.80. The fourth-order valence-corrected chi connectivity index (χ4v) is 3.67. The van der Waals surface area contributed by atoms with Crippen LogP contribution in [0.1, 0.15) is 23.2 Å². The molecule has 1 saturated carbocycles. The lowest BCUT2D eigenvalue weighted by atomic mass is 10.1. The van der Waals surface area contributed by atoms with E-state index in [2.05, 4.69) is 15.5 Å². The molecule has 1 N–H and O–H groups in total. The molecule has 1 aromatic heterocycles. The van der Waals surface area contributed by atoms with Crippen LogP contribution in [0.25, 0.3) is 0 Å².